The highest BCUT2D eigenvalue weighted by atomic mass is 16.3. The number of aliphatic hydroxyl groups is 1. The Kier molecular flexibility index (Phi) is 6.02. The van der Waals surface area contributed by atoms with Crippen LogP contribution in [-0.4, -0.2) is 42.3 Å². The van der Waals surface area contributed by atoms with Gasteiger partial charge in [0.2, 0.25) is 0 Å². The van der Waals surface area contributed by atoms with E-state index in [2.05, 4.69) is 47.5 Å². The van der Waals surface area contributed by atoms with Gasteiger partial charge in [-0.25, -0.2) is 0 Å². The molecule has 2 N–H and O–H groups in total. The molecule has 1 aliphatic heterocycles. The number of benzene rings is 1. The molecule has 3 atom stereocenters. The minimum Gasteiger partial charge on any atom is -0.393 e. The van der Waals surface area contributed by atoms with E-state index in [9.17, 15) is 5.11 Å². The first kappa shape index (κ1) is 15.5. The number of hydrogen-bond donors (Lipinski definition) is 2. The molecule has 1 aromatic rings. The molecule has 0 saturated carbocycles. The Morgan fingerprint density at radius 2 is 2.10 bits per heavy atom. The van der Waals surface area contributed by atoms with Gasteiger partial charge in [-0.1, -0.05) is 37.3 Å². The lowest BCUT2D eigenvalue weighted by Gasteiger charge is -2.23. The van der Waals surface area contributed by atoms with Crippen LogP contribution in [0.15, 0.2) is 30.3 Å². The van der Waals surface area contributed by atoms with E-state index >= 15 is 0 Å². The van der Waals surface area contributed by atoms with Crippen LogP contribution in [0.1, 0.15) is 38.3 Å². The molecule has 3 nitrogen and oxygen atoms in total. The third kappa shape index (κ3) is 4.30. The van der Waals surface area contributed by atoms with E-state index < -0.39 is 0 Å². The Morgan fingerprint density at radius 3 is 2.70 bits per heavy atom. The first-order valence-corrected chi connectivity index (χ1v) is 7.89. The van der Waals surface area contributed by atoms with Crippen LogP contribution in [-0.2, 0) is 0 Å². The summed E-state index contributed by atoms with van der Waals surface area (Å²) in [5.74, 6) is 0.462. The summed E-state index contributed by atoms with van der Waals surface area (Å²) in [4.78, 5) is 2.49. The van der Waals surface area contributed by atoms with Crippen molar-refractivity contribution in [3.63, 3.8) is 0 Å². The second-order valence-corrected chi connectivity index (χ2v) is 5.90. The average Bonchev–Trinajstić information content (AvgIpc) is 2.93. The lowest BCUT2D eigenvalue weighted by atomic mass is 10.0. The van der Waals surface area contributed by atoms with Crippen molar-refractivity contribution in [1.29, 1.82) is 0 Å². The molecular weight excluding hydrogens is 248 g/mol. The lowest BCUT2D eigenvalue weighted by molar-refractivity contribution is 0.127. The maximum absolute atomic E-state index is 9.67. The molecule has 0 radical (unpaired) electrons. The van der Waals surface area contributed by atoms with Crippen molar-refractivity contribution in [2.24, 2.45) is 5.92 Å². The molecule has 1 aliphatic rings. The van der Waals surface area contributed by atoms with Crippen molar-refractivity contribution < 1.29 is 5.11 Å². The molecular formula is C17H28N2O. The molecule has 3 heteroatoms. The molecule has 2 rings (SSSR count). The number of nitrogens with one attached hydrogen (secondary N) is 1. The van der Waals surface area contributed by atoms with Gasteiger partial charge in [0.15, 0.2) is 0 Å². The molecule has 1 heterocycles. The first-order valence-electron chi connectivity index (χ1n) is 7.89. The van der Waals surface area contributed by atoms with E-state index in [-0.39, 0.29) is 6.10 Å². The van der Waals surface area contributed by atoms with Crippen molar-refractivity contribution >= 4 is 0 Å². The Morgan fingerprint density at radius 1 is 1.35 bits per heavy atom. The van der Waals surface area contributed by atoms with Gasteiger partial charge in [-0.3, -0.25) is 0 Å². The second-order valence-electron chi connectivity index (χ2n) is 5.90. The molecule has 0 aromatic heterocycles. The van der Waals surface area contributed by atoms with Crippen molar-refractivity contribution in [1.82, 2.24) is 10.2 Å². The third-order valence-electron chi connectivity index (χ3n) is 4.38. The number of nitrogens with zero attached hydrogens (tertiary/aromatic N) is 1. The highest BCUT2D eigenvalue weighted by Gasteiger charge is 2.26. The minimum atomic E-state index is -0.168. The standard InChI is InChI=1S/C17H28N2O/c1-3-18-17(15-7-5-4-6-8-15)10-12-19-11-9-16(13-19)14(2)20/h4-8,14,16-18,20H,3,9-13H2,1-2H3. The number of likely N-dealkylation sites (tertiary alicyclic amines) is 1. The van der Waals surface area contributed by atoms with Crippen LogP contribution in [0, 0.1) is 5.92 Å². The fraction of sp³-hybridized carbons (Fsp3) is 0.647. The highest BCUT2D eigenvalue weighted by molar-refractivity contribution is 5.18. The summed E-state index contributed by atoms with van der Waals surface area (Å²) in [5, 5.41) is 13.3. The van der Waals surface area contributed by atoms with Crippen molar-refractivity contribution in [3.05, 3.63) is 35.9 Å². The van der Waals surface area contributed by atoms with Gasteiger partial charge in [0.1, 0.15) is 0 Å². The Hall–Kier alpha value is -0.900. The lowest BCUT2D eigenvalue weighted by Crippen LogP contribution is -2.29. The van der Waals surface area contributed by atoms with E-state index in [1.165, 1.54) is 5.56 Å². The van der Waals surface area contributed by atoms with Crippen LogP contribution < -0.4 is 5.32 Å². The first-order chi connectivity index (χ1) is 9.70. The fourth-order valence-electron chi connectivity index (χ4n) is 3.09. The maximum Gasteiger partial charge on any atom is 0.0552 e. The van der Waals surface area contributed by atoms with E-state index in [0.717, 1.165) is 39.0 Å². The van der Waals surface area contributed by atoms with Crippen LogP contribution in [0.5, 0.6) is 0 Å². The summed E-state index contributed by atoms with van der Waals surface area (Å²) < 4.78 is 0. The van der Waals surface area contributed by atoms with Crippen molar-refractivity contribution in [2.45, 2.75) is 38.8 Å². The van der Waals surface area contributed by atoms with E-state index in [1.54, 1.807) is 0 Å². The molecule has 0 aliphatic carbocycles. The van der Waals surface area contributed by atoms with Gasteiger partial charge in [-0.2, -0.15) is 0 Å². The zero-order valence-electron chi connectivity index (χ0n) is 12.8. The van der Waals surface area contributed by atoms with Crippen LogP contribution in [0.25, 0.3) is 0 Å². The molecule has 1 saturated heterocycles. The highest BCUT2D eigenvalue weighted by Crippen LogP contribution is 2.22. The molecule has 1 aromatic carbocycles. The smallest absolute Gasteiger partial charge is 0.0552 e. The van der Waals surface area contributed by atoms with Gasteiger partial charge in [0.25, 0.3) is 0 Å². The van der Waals surface area contributed by atoms with E-state index in [0.29, 0.717) is 12.0 Å². The van der Waals surface area contributed by atoms with Gasteiger partial charge >= 0.3 is 0 Å². The normalized spacial score (nSPS) is 22.9. The van der Waals surface area contributed by atoms with Crippen LogP contribution >= 0.6 is 0 Å². The largest absolute Gasteiger partial charge is 0.393 e. The summed E-state index contributed by atoms with van der Waals surface area (Å²) in [5.41, 5.74) is 1.38. The zero-order chi connectivity index (χ0) is 14.4. The SMILES string of the molecule is CCNC(CCN1CCC(C(C)O)C1)c1ccccc1. The Balaban J connectivity index is 1.84. The average molecular weight is 276 g/mol. The molecule has 1 fully saturated rings. The quantitative estimate of drug-likeness (QED) is 0.803. The second kappa shape index (κ2) is 7.77. The number of aliphatic hydroxyl groups excluding tert-OH is 1. The van der Waals surface area contributed by atoms with E-state index in [1.807, 2.05) is 6.92 Å². The number of hydrogen-bond acceptors (Lipinski definition) is 3. The Labute approximate surface area is 123 Å². The summed E-state index contributed by atoms with van der Waals surface area (Å²) in [6.45, 7) is 8.36. The molecule has 0 spiro atoms. The molecule has 3 unspecified atom stereocenters. The maximum atomic E-state index is 9.67. The Bertz CT molecular complexity index is 380. The number of rotatable bonds is 7. The summed E-state index contributed by atoms with van der Waals surface area (Å²) in [7, 11) is 0. The summed E-state index contributed by atoms with van der Waals surface area (Å²) in [6, 6.07) is 11.1. The predicted octanol–water partition coefficient (Wildman–Crippen LogP) is 2.43. The molecule has 0 amide bonds. The van der Waals surface area contributed by atoms with Crippen LogP contribution in [0.2, 0.25) is 0 Å². The van der Waals surface area contributed by atoms with Crippen LogP contribution in [0.4, 0.5) is 0 Å². The van der Waals surface area contributed by atoms with E-state index in [4.69, 9.17) is 0 Å². The molecule has 20 heavy (non-hydrogen) atoms. The van der Waals surface area contributed by atoms with Crippen LogP contribution in [0.3, 0.4) is 0 Å². The van der Waals surface area contributed by atoms with Crippen molar-refractivity contribution in [2.75, 3.05) is 26.2 Å². The van der Waals surface area contributed by atoms with Gasteiger partial charge < -0.3 is 15.3 Å². The fourth-order valence-corrected chi connectivity index (χ4v) is 3.09. The zero-order valence-corrected chi connectivity index (χ0v) is 12.8. The third-order valence-corrected chi connectivity index (χ3v) is 4.38. The molecule has 0 bridgehead atoms. The summed E-state index contributed by atoms with van der Waals surface area (Å²) >= 11 is 0. The topological polar surface area (TPSA) is 35.5 Å². The molecule has 112 valence electrons. The minimum absolute atomic E-state index is 0.168. The van der Waals surface area contributed by atoms with Gasteiger partial charge in [0.05, 0.1) is 6.10 Å². The summed E-state index contributed by atoms with van der Waals surface area (Å²) in [6.07, 6.45) is 2.10. The van der Waals surface area contributed by atoms with Gasteiger partial charge in [-0.05, 0) is 50.9 Å². The van der Waals surface area contributed by atoms with Gasteiger partial charge in [0, 0.05) is 12.6 Å². The predicted molar refractivity (Wildman–Crippen MR) is 83.7 cm³/mol. The monoisotopic (exact) mass is 276 g/mol. The van der Waals surface area contributed by atoms with Gasteiger partial charge in [-0.15, -0.1) is 0 Å². The van der Waals surface area contributed by atoms with Crippen molar-refractivity contribution in [3.8, 4) is 0 Å².